The molecular formula is C15H13F3N2O4S. The fourth-order valence-electron chi connectivity index (χ4n) is 1.84. The molecule has 0 radical (unpaired) electrons. The van der Waals surface area contributed by atoms with E-state index in [1.807, 2.05) is 0 Å². The number of carbonyl (C=O) groups is 1. The standard InChI is InChI=1S/C15H13F3N2O4S/c1-20(24-2)25(22,23)10-5-3-9(4-6-10)15(21)19-12-8-7-11(16)13(17)14(12)18/h3-8H,1-2H3,(H,19,21). The minimum Gasteiger partial charge on any atom is -0.319 e. The van der Waals surface area contributed by atoms with E-state index in [9.17, 15) is 26.4 Å². The first-order valence-electron chi connectivity index (χ1n) is 6.76. The van der Waals surface area contributed by atoms with Gasteiger partial charge in [-0.25, -0.2) is 21.6 Å². The number of rotatable bonds is 5. The number of hydrogen-bond acceptors (Lipinski definition) is 4. The second-order valence-corrected chi connectivity index (χ2v) is 6.73. The van der Waals surface area contributed by atoms with Crippen LogP contribution in [0, 0.1) is 17.5 Å². The number of hydrogen-bond donors (Lipinski definition) is 1. The number of benzene rings is 2. The first-order valence-corrected chi connectivity index (χ1v) is 8.20. The average Bonchev–Trinajstić information content (AvgIpc) is 2.61. The van der Waals surface area contributed by atoms with E-state index in [2.05, 4.69) is 10.2 Å². The smallest absolute Gasteiger partial charge is 0.264 e. The zero-order chi connectivity index (χ0) is 18.8. The molecule has 0 aliphatic carbocycles. The van der Waals surface area contributed by atoms with Crippen LogP contribution in [0.25, 0.3) is 0 Å². The summed E-state index contributed by atoms with van der Waals surface area (Å²) in [5.41, 5.74) is -0.553. The van der Waals surface area contributed by atoms with Crippen molar-refractivity contribution in [3.8, 4) is 0 Å². The molecule has 0 heterocycles. The van der Waals surface area contributed by atoms with Crippen LogP contribution in [0.3, 0.4) is 0 Å². The number of nitrogens with zero attached hydrogens (tertiary/aromatic N) is 1. The summed E-state index contributed by atoms with van der Waals surface area (Å²) in [5.74, 6) is -5.45. The van der Waals surface area contributed by atoms with Crippen molar-refractivity contribution in [2.24, 2.45) is 0 Å². The van der Waals surface area contributed by atoms with Gasteiger partial charge in [0.05, 0.1) is 17.7 Å². The van der Waals surface area contributed by atoms with E-state index in [1.165, 1.54) is 26.3 Å². The summed E-state index contributed by atoms with van der Waals surface area (Å²) < 4.78 is 64.3. The molecule has 0 saturated carbocycles. The Hall–Kier alpha value is -2.43. The number of carbonyl (C=O) groups excluding carboxylic acids is 1. The Balaban J connectivity index is 2.23. The molecule has 2 aromatic carbocycles. The Morgan fingerprint density at radius 1 is 1.04 bits per heavy atom. The Morgan fingerprint density at radius 2 is 1.64 bits per heavy atom. The number of nitrogens with one attached hydrogen (secondary N) is 1. The first kappa shape index (κ1) is 18.9. The van der Waals surface area contributed by atoms with Crippen molar-refractivity contribution in [1.82, 2.24) is 4.47 Å². The Kier molecular flexibility index (Phi) is 5.45. The van der Waals surface area contributed by atoms with Crippen LogP contribution in [0.4, 0.5) is 18.9 Å². The van der Waals surface area contributed by atoms with Gasteiger partial charge in [-0.15, -0.1) is 0 Å². The zero-order valence-corrected chi connectivity index (χ0v) is 13.9. The summed E-state index contributed by atoms with van der Waals surface area (Å²) in [4.78, 5) is 16.5. The highest BCUT2D eigenvalue weighted by Gasteiger charge is 2.21. The topological polar surface area (TPSA) is 75.7 Å². The maximum atomic E-state index is 13.6. The van der Waals surface area contributed by atoms with Gasteiger partial charge in [-0.1, -0.05) is 4.47 Å². The van der Waals surface area contributed by atoms with Gasteiger partial charge in [-0.05, 0) is 36.4 Å². The molecule has 10 heteroatoms. The van der Waals surface area contributed by atoms with E-state index in [4.69, 9.17) is 0 Å². The number of halogens is 3. The monoisotopic (exact) mass is 374 g/mol. The molecule has 0 aromatic heterocycles. The quantitative estimate of drug-likeness (QED) is 0.645. The third kappa shape index (κ3) is 3.81. The SMILES string of the molecule is CON(C)S(=O)(=O)c1ccc(C(=O)Nc2ccc(F)c(F)c2F)cc1. The van der Waals surface area contributed by atoms with Gasteiger partial charge in [-0.2, -0.15) is 0 Å². The van der Waals surface area contributed by atoms with Crippen molar-refractivity contribution < 1.29 is 31.2 Å². The highest BCUT2D eigenvalue weighted by molar-refractivity contribution is 7.89. The summed E-state index contributed by atoms with van der Waals surface area (Å²) >= 11 is 0. The molecule has 2 aromatic rings. The Bertz CT molecular complexity index is 902. The average molecular weight is 374 g/mol. The van der Waals surface area contributed by atoms with Crippen LogP contribution in [0.2, 0.25) is 0 Å². The van der Waals surface area contributed by atoms with Crippen LogP contribution in [0.1, 0.15) is 10.4 Å². The summed E-state index contributed by atoms with van der Waals surface area (Å²) in [6.45, 7) is 0. The van der Waals surface area contributed by atoms with Gasteiger partial charge in [0.2, 0.25) is 0 Å². The lowest BCUT2D eigenvalue weighted by atomic mass is 10.2. The van der Waals surface area contributed by atoms with E-state index in [0.29, 0.717) is 10.5 Å². The highest BCUT2D eigenvalue weighted by Crippen LogP contribution is 2.21. The normalized spacial score (nSPS) is 11.6. The molecule has 0 unspecified atom stereocenters. The molecule has 2 rings (SSSR count). The first-order chi connectivity index (χ1) is 11.7. The predicted molar refractivity (Wildman–Crippen MR) is 82.7 cm³/mol. The summed E-state index contributed by atoms with van der Waals surface area (Å²) in [5, 5.41) is 2.08. The van der Waals surface area contributed by atoms with Gasteiger partial charge in [0, 0.05) is 12.6 Å². The fourth-order valence-corrected chi connectivity index (χ4v) is 2.81. The van der Waals surface area contributed by atoms with Gasteiger partial charge < -0.3 is 5.32 Å². The molecule has 25 heavy (non-hydrogen) atoms. The molecule has 6 nitrogen and oxygen atoms in total. The lowest BCUT2D eigenvalue weighted by Crippen LogP contribution is -2.25. The fraction of sp³-hybridized carbons (Fsp3) is 0.133. The molecule has 134 valence electrons. The Labute approximate surface area is 141 Å². The second kappa shape index (κ2) is 7.21. The van der Waals surface area contributed by atoms with Crippen LogP contribution in [0.5, 0.6) is 0 Å². The predicted octanol–water partition coefficient (Wildman–Crippen LogP) is 2.54. The van der Waals surface area contributed by atoms with E-state index < -0.39 is 39.1 Å². The van der Waals surface area contributed by atoms with Crippen LogP contribution >= 0.6 is 0 Å². The zero-order valence-electron chi connectivity index (χ0n) is 13.1. The molecule has 1 amide bonds. The summed E-state index contributed by atoms with van der Waals surface area (Å²) in [6, 6.07) is 6.22. The van der Waals surface area contributed by atoms with Crippen molar-refractivity contribution in [2.75, 3.05) is 19.5 Å². The van der Waals surface area contributed by atoms with Gasteiger partial charge in [0.25, 0.3) is 15.9 Å². The number of hydroxylamine groups is 1. The van der Waals surface area contributed by atoms with Crippen LogP contribution < -0.4 is 5.32 Å². The number of anilines is 1. The van der Waals surface area contributed by atoms with E-state index in [-0.39, 0.29) is 10.5 Å². The van der Waals surface area contributed by atoms with Gasteiger partial charge >= 0.3 is 0 Å². The third-order valence-electron chi connectivity index (χ3n) is 3.29. The van der Waals surface area contributed by atoms with Gasteiger partial charge in [0.15, 0.2) is 17.5 Å². The number of sulfonamides is 1. The molecule has 1 N–H and O–H groups in total. The highest BCUT2D eigenvalue weighted by atomic mass is 32.2. The molecular weight excluding hydrogens is 361 g/mol. The summed E-state index contributed by atoms with van der Waals surface area (Å²) in [6.07, 6.45) is 0. The molecule has 0 bridgehead atoms. The molecule has 0 aliphatic heterocycles. The minimum atomic E-state index is -3.88. The van der Waals surface area contributed by atoms with Crippen LogP contribution in [0.15, 0.2) is 41.3 Å². The van der Waals surface area contributed by atoms with E-state index >= 15 is 0 Å². The molecule has 0 saturated heterocycles. The number of amides is 1. The maximum Gasteiger partial charge on any atom is 0.264 e. The van der Waals surface area contributed by atoms with Gasteiger partial charge in [-0.3, -0.25) is 9.63 Å². The molecule has 0 atom stereocenters. The maximum absolute atomic E-state index is 13.6. The van der Waals surface area contributed by atoms with Crippen LogP contribution in [-0.4, -0.2) is 33.0 Å². The molecule has 0 fully saturated rings. The van der Waals surface area contributed by atoms with Crippen molar-refractivity contribution >= 4 is 21.6 Å². The summed E-state index contributed by atoms with van der Waals surface area (Å²) in [7, 11) is -1.51. The minimum absolute atomic E-state index is 0.0110. The second-order valence-electron chi connectivity index (χ2n) is 4.80. The third-order valence-corrected chi connectivity index (χ3v) is 4.99. The largest absolute Gasteiger partial charge is 0.319 e. The lowest BCUT2D eigenvalue weighted by Gasteiger charge is -2.14. The van der Waals surface area contributed by atoms with Crippen molar-refractivity contribution in [1.29, 1.82) is 0 Å². The molecule has 0 aliphatic rings. The van der Waals surface area contributed by atoms with Crippen molar-refractivity contribution in [2.45, 2.75) is 4.90 Å². The lowest BCUT2D eigenvalue weighted by molar-refractivity contribution is -0.0258. The van der Waals surface area contributed by atoms with E-state index in [1.54, 1.807) is 0 Å². The molecule has 0 spiro atoms. The van der Waals surface area contributed by atoms with Crippen molar-refractivity contribution in [3.63, 3.8) is 0 Å². The van der Waals surface area contributed by atoms with Crippen molar-refractivity contribution in [3.05, 3.63) is 59.4 Å². The van der Waals surface area contributed by atoms with Gasteiger partial charge in [0.1, 0.15) is 0 Å². The van der Waals surface area contributed by atoms with E-state index in [0.717, 1.165) is 18.2 Å². The van der Waals surface area contributed by atoms with Crippen LogP contribution in [-0.2, 0) is 14.9 Å². The Morgan fingerprint density at radius 3 is 2.20 bits per heavy atom.